The first-order valence-electron chi connectivity index (χ1n) is 7.06. The molecule has 0 bridgehead atoms. The second-order valence-electron chi connectivity index (χ2n) is 5.33. The standard InChI is InChI=1S/C16H17ClN2O5S/c1-19(2)13-6-4-10(16(20)21)8-12(13)18-25(22,23)15-9-11(17)5-7-14(15)24-3/h4-9,18H,1-3H3,(H,20,21). The van der Waals surface area contributed by atoms with Gasteiger partial charge in [0.1, 0.15) is 10.6 Å². The molecule has 2 aromatic carbocycles. The number of hydrogen-bond donors (Lipinski definition) is 2. The van der Waals surface area contributed by atoms with Gasteiger partial charge in [0.25, 0.3) is 10.0 Å². The van der Waals surface area contributed by atoms with Crippen molar-refractivity contribution < 1.29 is 23.1 Å². The van der Waals surface area contributed by atoms with E-state index >= 15 is 0 Å². The van der Waals surface area contributed by atoms with Crippen molar-refractivity contribution in [2.45, 2.75) is 4.90 Å². The SMILES string of the molecule is COc1ccc(Cl)cc1S(=O)(=O)Nc1cc(C(=O)O)ccc1N(C)C. The predicted octanol–water partition coefficient (Wildman–Crippen LogP) is 2.91. The fourth-order valence-electron chi connectivity index (χ4n) is 2.20. The van der Waals surface area contributed by atoms with Gasteiger partial charge in [-0.05, 0) is 36.4 Å². The van der Waals surface area contributed by atoms with Crippen molar-refractivity contribution in [2.24, 2.45) is 0 Å². The van der Waals surface area contributed by atoms with Gasteiger partial charge in [0.2, 0.25) is 0 Å². The molecule has 0 atom stereocenters. The molecule has 0 fully saturated rings. The van der Waals surface area contributed by atoms with Crippen LogP contribution in [0.25, 0.3) is 0 Å². The molecule has 134 valence electrons. The van der Waals surface area contributed by atoms with Gasteiger partial charge in [0.15, 0.2) is 0 Å². The molecule has 0 saturated carbocycles. The Balaban J connectivity index is 2.56. The first-order chi connectivity index (χ1) is 11.7. The summed E-state index contributed by atoms with van der Waals surface area (Å²) in [5, 5.41) is 9.37. The molecule has 2 aromatic rings. The summed E-state index contributed by atoms with van der Waals surface area (Å²) in [6.45, 7) is 0. The number of nitrogens with one attached hydrogen (secondary N) is 1. The van der Waals surface area contributed by atoms with Crippen molar-refractivity contribution in [3.63, 3.8) is 0 Å². The number of hydrogen-bond acceptors (Lipinski definition) is 5. The number of methoxy groups -OCH3 is 1. The van der Waals surface area contributed by atoms with Gasteiger partial charge in [0.05, 0.1) is 24.0 Å². The van der Waals surface area contributed by atoms with Crippen molar-refractivity contribution in [3.05, 3.63) is 47.0 Å². The Morgan fingerprint density at radius 1 is 1.20 bits per heavy atom. The third-order valence-corrected chi connectivity index (χ3v) is 5.01. The summed E-state index contributed by atoms with van der Waals surface area (Å²) in [5.74, 6) is -1.04. The lowest BCUT2D eigenvalue weighted by atomic mass is 10.1. The Morgan fingerprint density at radius 2 is 1.88 bits per heavy atom. The fourth-order valence-corrected chi connectivity index (χ4v) is 3.70. The molecule has 25 heavy (non-hydrogen) atoms. The van der Waals surface area contributed by atoms with Crippen LogP contribution in [0.1, 0.15) is 10.4 Å². The molecule has 0 radical (unpaired) electrons. The minimum atomic E-state index is -4.06. The first-order valence-corrected chi connectivity index (χ1v) is 8.93. The molecule has 0 heterocycles. The van der Waals surface area contributed by atoms with E-state index in [-0.39, 0.29) is 26.9 Å². The van der Waals surface area contributed by atoms with Crippen LogP contribution in [0.15, 0.2) is 41.3 Å². The topological polar surface area (TPSA) is 95.9 Å². The molecule has 0 amide bonds. The summed E-state index contributed by atoms with van der Waals surface area (Å²) in [7, 11) is 0.721. The number of nitrogens with zero attached hydrogens (tertiary/aromatic N) is 1. The molecule has 7 nitrogen and oxygen atoms in total. The van der Waals surface area contributed by atoms with E-state index in [0.717, 1.165) is 0 Å². The summed E-state index contributed by atoms with van der Waals surface area (Å²) in [5.41, 5.74) is 0.600. The first kappa shape index (κ1) is 18.9. The molecule has 0 aliphatic heterocycles. The monoisotopic (exact) mass is 384 g/mol. The molecule has 9 heteroatoms. The number of halogens is 1. The largest absolute Gasteiger partial charge is 0.495 e. The lowest BCUT2D eigenvalue weighted by Gasteiger charge is -2.19. The Kier molecular flexibility index (Phi) is 5.44. The van der Waals surface area contributed by atoms with E-state index in [1.807, 2.05) is 0 Å². The normalized spacial score (nSPS) is 11.0. The van der Waals surface area contributed by atoms with Crippen LogP contribution in [0.2, 0.25) is 5.02 Å². The zero-order chi connectivity index (χ0) is 18.8. The van der Waals surface area contributed by atoms with Crippen LogP contribution in [-0.4, -0.2) is 40.7 Å². The highest BCUT2D eigenvalue weighted by molar-refractivity contribution is 7.92. The number of anilines is 2. The van der Waals surface area contributed by atoms with Gasteiger partial charge >= 0.3 is 5.97 Å². The summed E-state index contributed by atoms with van der Waals surface area (Å²) in [6.07, 6.45) is 0. The Hall–Kier alpha value is -2.45. The number of benzene rings is 2. The summed E-state index contributed by atoms with van der Waals surface area (Å²) in [6, 6.07) is 8.39. The summed E-state index contributed by atoms with van der Waals surface area (Å²) >= 11 is 5.90. The second-order valence-corrected chi connectivity index (χ2v) is 7.42. The van der Waals surface area contributed by atoms with Crippen molar-refractivity contribution in [1.82, 2.24) is 0 Å². The van der Waals surface area contributed by atoms with Gasteiger partial charge in [-0.15, -0.1) is 0 Å². The number of carboxylic acid groups (broad SMARTS) is 1. The zero-order valence-electron chi connectivity index (χ0n) is 13.8. The van der Waals surface area contributed by atoms with E-state index in [9.17, 15) is 13.2 Å². The molecule has 0 unspecified atom stereocenters. The number of sulfonamides is 1. The highest BCUT2D eigenvalue weighted by Crippen LogP contribution is 2.32. The fraction of sp³-hybridized carbons (Fsp3) is 0.188. The average molecular weight is 385 g/mol. The lowest BCUT2D eigenvalue weighted by molar-refractivity contribution is 0.0697. The molecule has 0 aliphatic rings. The van der Waals surface area contributed by atoms with E-state index in [4.69, 9.17) is 21.4 Å². The smallest absolute Gasteiger partial charge is 0.335 e. The third-order valence-electron chi connectivity index (χ3n) is 3.38. The molecule has 0 spiro atoms. The molecule has 2 rings (SSSR count). The highest BCUT2D eigenvalue weighted by atomic mass is 35.5. The molecule has 2 N–H and O–H groups in total. The van der Waals surface area contributed by atoms with Crippen LogP contribution in [-0.2, 0) is 10.0 Å². The Morgan fingerprint density at radius 3 is 2.44 bits per heavy atom. The van der Waals surface area contributed by atoms with Crippen molar-refractivity contribution >= 4 is 39.0 Å². The number of aromatic carboxylic acids is 1. The van der Waals surface area contributed by atoms with E-state index in [0.29, 0.717) is 5.69 Å². The average Bonchev–Trinajstić information content (AvgIpc) is 2.54. The minimum Gasteiger partial charge on any atom is -0.495 e. The van der Waals surface area contributed by atoms with Gasteiger partial charge in [-0.25, -0.2) is 13.2 Å². The summed E-state index contributed by atoms with van der Waals surface area (Å²) < 4.78 is 33.0. The van der Waals surface area contributed by atoms with Crippen molar-refractivity contribution in [2.75, 3.05) is 30.8 Å². The van der Waals surface area contributed by atoms with Crippen LogP contribution < -0.4 is 14.4 Å². The summed E-state index contributed by atoms with van der Waals surface area (Å²) in [4.78, 5) is 12.7. The predicted molar refractivity (Wildman–Crippen MR) is 96.5 cm³/mol. The quantitative estimate of drug-likeness (QED) is 0.795. The van der Waals surface area contributed by atoms with E-state index in [2.05, 4.69) is 4.72 Å². The van der Waals surface area contributed by atoms with Crippen LogP contribution >= 0.6 is 11.6 Å². The molecule has 0 aliphatic carbocycles. The van der Waals surface area contributed by atoms with Gasteiger partial charge in [-0.3, -0.25) is 4.72 Å². The number of rotatable bonds is 6. The maximum atomic E-state index is 12.8. The van der Waals surface area contributed by atoms with Crippen molar-refractivity contribution in [3.8, 4) is 5.75 Å². The molecular formula is C16H17ClN2O5S. The van der Waals surface area contributed by atoms with E-state index < -0.39 is 16.0 Å². The van der Waals surface area contributed by atoms with Crippen LogP contribution in [0.4, 0.5) is 11.4 Å². The van der Waals surface area contributed by atoms with Crippen LogP contribution in [0, 0.1) is 0 Å². The van der Waals surface area contributed by atoms with Crippen molar-refractivity contribution in [1.29, 1.82) is 0 Å². The van der Waals surface area contributed by atoms with E-state index in [1.165, 1.54) is 43.5 Å². The number of carbonyl (C=O) groups is 1. The van der Waals surface area contributed by atoms with Gasteiger partial charge in [-0.1, -0.05) is 11.6 Å². The second kappa shape index (κ2) is 7.20. The van der Waals surface area contributed by atoms with Gasteiger partial charge in [0, 0.05) is 19.1 Å². The lowest BCUT2D eigenvalue weighted by Crippen LogP contribution is -2.18. The van der Waals surface area contributed by atoms with Crippen LogP contribution in [0.5, 0.6) is 5.75 Å². The Labute approximate surface area is 150 Å². The number of ether oxygens (including phenoxy) is 1. The molecule has 0 aromatic heterocycles. The zero-order valence-corrected chi connectivity index (χ0v) is 15.4. The Bertz CT molecular complexity index is 913. The molecule has 0 saturated heterocycles. The third kappa shape index (κ3) is 4.15. The maximum absolute atomic E-state index is 12.8. The van der Waals surface area contributed by atoms with Gasteiger partial charge < -0.3 is 14.7 Å². The number of carboxylic acids is 1. The van der Waals surface area contributed by atoms with Crippen LogP contribution in [0.3, 0.4) is 0 Å². The minimum absolute atomic E-state index is 0.0404. The maximum Gasteiger partial charge on any atom is 0.335 e. The van der Waals surface area contributed by atoms with E-state index in [1.54, 1.807) is 19.0 Å². The molecular weight excluding hydrogens is 368 g/mol. The van der Waals surface area contributed by atoms with Gasteiger partial charge in [-0.2, -0.15) is 0 Å². The highest BCUT2D eigenvalue weighted by Gasteiger charge is 2.22.